The molecule has 0 radical (unpaired) electrons. The van der Waals surface area contributed by atoms with Crippen LogP contribution in [0.4, 0.5) is 4.79 Å². The quantitative estimate of drug-likeness (QED) is 0.450. The highest BCUT2D eigenvalue weighted by molar-refractivity contribution is 8.00. The van der Waals surface area contributed by atoms with E-state index in [1.165, 1.54) is 17.4 Å². The highest BCUT2D eigenvalue weighted by atomic mass is 32.2. The third-order valence-corrected chi connectivity index (χ3v) is 5.04. The molecule has 0 saturated heterocycles. The van der Waals surface area contributed by atoms with Gasteiger partial charge in [0.1, 0.15) is 0 Å². The predicted octanol–water partition coefficient (Wildman–Crippen LogP) is 1.51. The summed E-state index contributed by atoms with van der Waals surface area (Å²) < 4.78 is 4.93. The minimum absolute atomic E-state index is 0.00912. The second kappa shape index (κ2) is 10.3. The van der Waals surface area contributed by atoms with Crippen molar-refractivity contribution >= 4 is 46.9 Å². The summed E-state index contributed by atoms with van der Waals surface area (Å²) in [5, 5.41) is 6.47. The molecule has 0 fully saturated rings. The van der Waals surface area contributed by atoms with E-state index in [1.54, 1.807) is 18.2 Å². The predicted molar refractivity (Wildman–Crippen MR) is 101 cm³/mol. The molecule has 1 aromatic carbocycles. The van der Waals surface area contributed by atoms with Gasteiger partial charge in [-0.1, -0.05) is 18.2 Å². The van der Waals surface area contributed by atoms with Crippen molar-refractivity contribution in [2.75, 3.05) is 12.4 Å². The Morgan fingerprint density at radius 2 is 1.89 bits per heavy atom. The van der Waals surface area contributed by atoms with Crippen molar-refractivity contribution in [3.63, 3.8) is 0 Å². The molecule has 8 nitrogen and oxygen atoms in total. The first-order valence-corrected chi connectivity index (χ1v) is 9.59. The average molecular weight is 407 g/mol. The summed E-state index contributed by atoms with van der Waals surface area (Å²) in [5.74, 6) is -2.00. The third kappa shape index (κ3) is 7.12. The number of thioether (sulfide) groups is 1. The maximum atomic E-state index is 12.2. The van der Waals surface area contributed by atoms with Crippen molar-refractivity contribution in [1.29, 1.82) is 0 Å². The average Bonchev–Trinajstić information content (AvgIpc) is 3.16. The zero-order valence-corrected chi connectivity index (χ0v) is 15.7. The topological polar surface area (TPSA) is 128 Å². The fraction of sp³-hybridized carbons (Fsp3) is 0.176. The smallest absolute Gasteiger partial charge is 0.339 e. The largest absolute Gasteiger partial charge is 0.452 e. The van der Waals surface area contributed by atoms with Gasteiger partial charge in [-0.25, -0.2) is 9.59 Å². The molecule has 2 rings (SSSR count). The molecule has 0 atom stereocenters. The Labute approximate surface area is 163 Å². The minimum atomic E-state index is -0.755. The van der Waals surface area contributed by atoms with Crippen molar-refractivity contribution < 1.29 is 23.9 Å². The number of thiophene rings is 1. The number of hydrogen-bond acceptors (Lipinski definition) is 7. The van der Waals surface area contributed by atoms with Gasteiger partial charge in [0.25, 0.3) is 5.91 Å². The van der Waals surface area contributed by atoms with E-state index in [0.29, 0.717) is 11.4 Å². The van der Waals surface area contributed by atoms with Gasteiger partial charge in [-0.3, -0.25) is 14.9 Å². The number of esters is 1. The number of primary amides is 1. The molecule has 4 amide bonds. The number of carbonyl (C=O) groups excluding carboxylic acids is 4. The number of carbonyl (C=O) groups is 4. The summed E-state index contributed by atoms with van der Waals surface area (Å²) >= 11 is 2.57. The van der Waals surface area contributed by atoms with Gasteiger partial charge in [-0.05, 0) is 23.6 Å². The highest BCUT2D eigenvalue weighted by Crippen LogP contribution is 2.22. The SMILES string of the molecule is NC(=O)CSc1ccccc1C(=O)OCC(=O)NC(=O)NCc1cccs1. The summed E-state index contributed by atoms with van der Waals surface area (Å²) in [6.45, 7) is -0.318. The number of nitrogens with one attached hydrogen (secondary N) is 2. The maximum absolute atomic E-state index is 12.2. The zero-order valence-electron chi connectivity index (χ0n) is 14.1. The minimum Gasteiger partial charge on any atom is -0.452 e. The lowest BCUT2D eigenvalue weighted by Gasteiger charge is -2.09. The van der Waals surface area contributed by atoms with Gasteiger partial charge in [-0.15, -0.1) is 23.1 Å². The lowest BCUT2D eigenvalue weighted by molar-refractivity contribution is -0.123. The van der Waals surface area contributed by atoms with E-state index in [1.807, 2.05) is 17.5 Å². The van der Waals surface area contributed by atoms with Gasteiger partial charge >= 0.3 is 12.0 Å². The first-order valence-electron chi connectivity index (χ1n) is 7.73. The Morgan fingerprint density at radius 1 is 1.11 bits per heavy atom. The van der Waals surface area contributed by atoms with Crippen molar-refractivity contribution in [3.8, 4) is 0 Å². The van der Waals surface area contributed by atoms with Crippen molar-refractivity contribution in [3.05, 3.63) is 52.2 Å². The molecular formula is C17H17N3O5S2. The van der Waals surface area contributed by atoms with Crippen LogP contribution in [-0.4, -0.2) is 36.2 Å². The molecule has 0 spiro atoms. The van der Waals surface area contributed by atoms with Crippen LogP contribution in [0.3, 0.4) is 0 Å². The molecule has 1 aromatic heterocycles. The van der Waals surface area contributed by atoms with Gasteiger partial charge in [0, 0.05) is 9.77 Å². The number of benzene rings is 1. The number of nitrogens with two attached hydrogens (primary N) is 1. The Morgan fingerprint density at radius 3 is 2.59 bits per heavy atom. The molecule has 1 heterocycles. The molecule has 2 aromatic rings. The summed E-state index contributed by atoms with van der Waals surface area (Å²) in [4.78, 5) is 47.9. The van der Waals surface area contributed by atoms with E-state index in [0.717, 1.165) is 16.6 Å². The first kappa shape index (κ1) is 20.5. The summed E-state index contributed by atoms with van der Waals surface area (Å²) in [6.07, 6.45) is 0. The van der Waals surface area contributed by atoms with Gasteiger partial charge in [-0.2, -0.15) is 0 Å². The van der Waals surface area contributed by atoms with E-state index in [4.69, 9.17) is 10.5 Å². The van der Waals surface area contributed by atoms with E-state index in [-0.39, 0.29) is 11.3 Å². The lowest BCUT2D eigenvalue weighted by atomic mass is 10.2. The van der Waals surface area contributed by atoms with E-state index >= 15 is 0 Å². The Hall–Kier alpha value is -2.85. The van der Waals surface area contributed by atoms with Crippen LogP contribution in [0.25, 0.3) is 0 Å². The summed E-state index contributed by atoms with van der Waals surface area (Å²) in [6, 6.07) is 9.50. The summed E-state index contributed by atoms with van der Waals surface area (Å²) in [7, 11) is 0. The number of rotatable bonds is 8. The van der Waals surface area contributed by atoms with Gasteiger partial charge < -0.3 is 15.8 Å². The van der Waals surface area contributed by atoms with Crippen LogP contribution < -0.4 is 16.4 Å². The van der Waals surface area contributed by atoms with Crippen LogP contribution in [0.15, 0.2) is 46.7 Å². The number of hydrogen-bond donors (Lipinski definition) is 3. The molecule has 4 N–H and O–H groups in total. The molecule has 27 heavy (non-hydrogen) atoms. The molecule has 10 heteroatoms. The second-order valence-corrected chi connectivity index (χ2v) is 7.19. The fourth-order valence-electron chi connectivity index (χ4n) is 1.91. The summed E-state index contributed by atoms with van der Waals surface area (Å²) in [5.41, 5.74) is 5.31. The van der Waals surface area contributed by atoms with Gasteiger partial charge in [0.05, 0.1) is 17.9 Å². The molecular weight excluding hydrogens is 390 g/mol. The second-order valence-electron chi connectivity index (χ2n) is 5.14. The third-order valence-electron chi connectivity index (χ3n) is 3.07. The molecule has 142 valence electrons. The van der Waals surface area contributed by atoms with Crippen molar-refractivity contribution in [2.45, 2.75) is 11.4 Å². The standard InChI is InChI=1S/C17H17N3O5S2/c18-14(21)10-27-13-6-2-1-5-12(13)16(23)25-9-15(22)20-17(24)19-8-11-4-3-7-26-11/h1-7H,8-10H2,(H2,18,21)(H2,19,20,22,24). The van der Waals surface area contributed by atoms with Crippen molar-refractivity contribution in [2.24, 2.45) is 5.73 Å². The molecule has 0 aliphatic rings. The van der Waals surface area contributed by atoms with E-state index in [2.05, 4.69) is 10.6 Å². The molecule has 0 unspecified atom stereocenters. The van der Waals surface area contributed by atoms with Crippen LogP contribution in [0.2, 0.25) is 0 Å². The number of amides is 4. The zero-order chi connectivity index (χ0) is 19.6. The Balaban J connectivity index is 1.80. The first-order chi connectivity index (χ1) is 13.0. The van der Waals surface area contributed by atoms with Crippen LogP contribution in [0.1, 0.15) is 15.2 Å². The molecule has 0 saturated carbocycles. The number of ether oxygens (including phenoxy) is 1. The maximum Gasteiger partial charge on any atom is 0.339 e. The Kier molecular flexibility index (Phi) is 7.83. The normalized spacial score (nSPS) is 10.1. The van der Waals surface area contributed by atoms with E-state index < -0.39 is 30.4 Å². The van der Waals surface area contributed by atoms with E-state index in [9.17, 15) is 19.2 Å². The van der Waals surface area contributed by atoms with Crippen LogP contribution >= 0.6 is 23.1 Å². The highest BCUT2D eigenvalue weighted by Gasteiger charge is 2.16. The molecule has 0 aliphatic heterocycles. The molecule has 0 aliphatic carbocycles. The monoisotopic (exact) mass is 407 g/mol. The van der Waals surface area contributed by atoms with Crippen LogP contribution in [0.5, 0.6) is 0 Å². The Bertz CT molecular complexity index is 824. The number of imide groups is 1. The van der Waals surface area contributed by atoms with Crippen LogP contribution in [0, 0.1) is 0 Å². The van der Waals surface area contributed by atoms with Crippen LogP contribution in [-0.2, 0) is 20.9 Å². The molecule has 0 bridgehead atoms. The lowest BCUT2D eigenvalue weighted by Crippen LogP contribution is -2.41. The van der Waals surface area contributed by atoms with Crippen molar-refractivity contribution in [1.82, 2.24) is 10.6 Å². The van der Waals surface area contributed by atoms with Gasteiger partial charge in [0.2, 0.25) is 5.91 Å². The van der Waals surface area contributed by atoms with Gasteiger partial charge in [0.15, 0.2) is 6.61 Å². The number of urea groups is 1. The fourth-order valence-corrected chi connectivity index (χ4v) is 3.33.